The molecular weight excluding hydrogens is 266 g/mol. The van der Waals surface area contributed by atoms with E-state index < -0.39 is 0 Å². The van der Waals surface area contributed by atoms with Gasteiger partial charge in [0.15, 0.2) is 0 Å². The van der Waals surface area contributed by atoms with E-state index in [-0.39, 0.29) is 17.9 Å². The zero-order valence-corrected chi connectivity index (χ0v) is 12.3. The number of rotatable bonds is 6. The molecule has 21 heavy (non-hydrogen) atoms. The minimum absolute atomic E-state index is 0.108. The molecule has 0 heterocycles. The van der Waals surface area contributed by atoms with Gasteiger partial charge in [0.1, 0.15) is 12.4 Å². The van der Waals surface area contributed by atoms with Crippen molar-refractivity contribution in [3.05, 3.63) is 42.5 Å². The van der Waals surface area contributed by atoms with Crippen LogP contribution in [0.2, 0.25) is 0 Å². The summed E-state index contributed by atoms with van der Waals surface area (Å²) in [4.78, 5) is 12.1. The zero-order chi connectivity index (χ0) is 15.1. The zero-order valence-electron chi connectivity index (χ0n) is 12.3. The number of aliphatic hydroxyl groups is 1. The van der Waals surface area contributed by atoms with E-state index in [1.807, 2.05) is 0 Å². The summed E-state index contributed by atoms with van der Waals surface area (Å²) in [5.74, 6) is 0.787. The van der Waals surface area contributed by atoms with Crippen LogP contribution in [0.3, 0.4) is 0 Å². The maximum atomic E-state index is 12.1. The van der Waals surface area contributed by atoms with Gasteiger partial charge in [0, 0.05) is 18.0 Å². The van der Waals surface area contributed by atoms with Gasteiger partial charge in [-0.2, -0.15) is 0 Å². The Kier molecular flexibility index (Phi) is 5.81. The number of carbonyl (C=O) groups excluding carboxylic acids is 1. The Morgan fingerprint density at radius 3 is 2.71 bits per heavy atom. The van der Waals surface area contributed by atoms with E-state index in [2.05, 4.69) is 11.9 Å². The van der Waals surface area contributed by atoms with Crippen molar-refractivity contribution in [2.24, 2.45) is 5.92 Å². The largest absolute Gasteiger partial charge is 0.490 e. The Morgan fingerprint density at radius 1 is 1.33 bits per heavy atom. The van der Waals surface area contributed by atoms with Gasteiger partial charge in [0.25, 0.3) is 5.91 Å². The standard InChI is InChI=1S/C17H23NO3/c1-2-11-21-15-9-7-13(8-10-15)17(20)18-12-14-5-3-4-6-16(14)19/h2,7-10,14,16,19H,1,3-6,11-12H2,(H,18,20). The van der Waals surface area contributed by atoms with Gasteiger partial charge in [-0.1, -0.05) is 25.5 Å². The van der Waals surface area contributed by atoms with E-state index in [4.69, 9.17) is 4.74 Å². The molecule has 0 spiro atoms. The highest BCUT2D eigenvalue weighted by atomic mass is 16.5. The van der Waals surface area contributed by atoms with Crippen LogP contribution in [0.15, 0.2) is 36.9 Å². The fourth-order valence-corrected chi connectivity index (χ4v) is 2.61. The molecule has 2 N–H and O–H groups in total. The van der Waals surface area contributed by atoms with Gasteiger partial charge >= 0.3 is 0 Å². The summed E-state index contributed by atoms with van der Waals surface area (Å²) in [5.41, 5.74) is 0.603. The molecule has 0 aliphatic heterocycles. The van der Waals surface area contributed by atoms with Crippen molar-refractivity contribution in [1.29, 1.82) is 0 Å². The van der Waals surface area contributed by atoms with E-state index in [1.54, 1.807) is 30.3 Å². The molecule has 1 aliphatic rings. The number of aliphatic hydroxyl groups excluding tert-OH is 1. The third-order valence-corrected chi connectivity index (χ3v) is 3.88. The van der Waals surface area contributed by atoms with E-state index in [9.17, 15) is 9.90 Å². The lowest BCUT2D eigenvalue weighted by Gasteiger charge is -2.27. The molecule has 114 valence electrons. The van der Waals surface area contributed by atoms with Crippen LogP contribution in [0.1, 0.15) is 36.0 Å². The molecule has 0 radical (unpaired) electrons. The lowest BCUT2D eigenvalue weighted by molar-refractivity contribution is 0.0663. The Bertz CT molecular complexity index is 469. The van der Waals surface area contributed by atoms with Gasteiger partial charge in [-0.15, -0.1) is 0 Å². The molecule has 0 saturated heterocycles. The summed E-state index contributed by atoms with van der Waals surface area (Å²) in [6, 6.07) is 7.03. The molecule has 4 nitrogen and oxygen atoms in total. The second-order valence-electron chi connectivity index (χ2n) is 5.45. The van der Waals surface area contributed by atoms with Gasteiger partial charge in [-0.25, -0.2) is 0 Å². The molecule has 1 aromatic rings. The number of ether oxygens (including phenoxy) is 1. The Hall–Kier alpha value is -1.81. The molecule has 0 aromatic heterocycles. The highest BCUT2D eigenvalue weighted by Gasteiger charge is 2.23. The average molecular weight is 289 g/mol. The molecule has 2 unspecified atom stereocenters. The van der Waals surface area contributed by atoms with Crippen molar-refractivity contribution in [1.82, 2.24) is 5.32 Å². The summed E-state index contributed by atoms with van der Waals surface area (Å²) in [6.07, 6.45) is 5.43. The molecular formula is C17H23NO3. The van der Waals surface area contributed by atoms with Crippen LogP contribution in [-0.2, 0) is 0 Å². The SMILES string of the molecule is C=CCOc1ccc(C(=O)NCC2CCCCC2O)cc1. The molecule has 2 atom stereocenters. The van der Waals surface area contributed by atoms with Gasteiger partial charge in [0.05, 0.1) is 6.10 Å². The Morgan fingerprint density at radius 2 is 2.05 bits per heavy atom. The quantitative estimate of drug-likeness (QED) is 0.791. The first kappa shape index (κ1) is 15.6. The summed E-state index contributed by atoms with van der Waals surface area (Å²) >= 11 is 0. The number of benzene rings is 1. The number of amides is 1. The van der Waals surface area contributed by atoms with Crippen LogP contribution < -0.4 is 10.1 Å². The summed E-state index contributed by atoms with van der Waals surface area (Å²) in [5, 5.41) is 12.8. The molecule has 0 bridgehead atoms. The fourth-order valence-electron chi connectivity index (χ4n) is 2.61. The van der Waals surface area contributed by atoms with Crippen LogP contribution in [0.4, 0.5) is 0 Å². The van der Waals surface area contributed by atoms with Crippen molar-refractivity contribution in [2.75, 3.05) is 13.2 Å². The molecule has 1 saturated carbocycles. The molecule has 1 amide bonds. The van der Waals surface area contributed by atoms with Crippen LogP contribution in [-0.4, -0.2) is 30.3 Å². The third kappa shape index (κ3) is 4.60. The second kappa shape index (κ2) is 7.84. The van der Waals surface area contributed by atoms with E-state index >= 15 is 0 Å². The minimum Gasteiger partial charge on any atom is -0.490 e. The first-order chi connectivity index (χ1) is 10.2. The predicted octanol–water partition coefficient (Wildman–Crippen LogP) is 2.53. The molecule has 1 aromatic carbocycles. The van der Waals surface area contributed by atoms with Crippen molar-refractivity contribution < 1.29 is 14.6 Å². The number of nitrogens with one attached hydrogen (secondary N) is 1. The topological polar surface area (TPSA) is 58.6 Å². The first-order valence-corrected chi connectivity index (χ1v) is 7.50. The van der Waals surface area contributed by atoms with Crippen molar-refractivity contribution >= 4 is 5.91 Å². The molecule has 4 heteroatoms. The second-order valence-corrected chi connectivity index (χ2v) is 5.45. The normalized spacial score (nSPS) is 21.6. The Balaban J connectivity index is 1.83. The van der Waals surface area contributed by atoms with Gasteiger partial charge < -0.3 is 15.2 Å². The van der Waals surface area contributed by atoms with Crippen LogP contribution in [0.25, 0.3) is 0 Å². The molecule has 1 fully saturated rings. The highest BCUT2D eigenvalue weighted by Crippen LogP contribution is 2.23. The minimum atomic E-state index is -0.284. The van der Waals surface area contributed by atoms with Crippen molar-refractivity contribution in [2.45, 2.75) is 31.8 Å². The predicted molar refractivity (Wildman–Crippen MR) is 82.4 cm³/mol. The maximum Gasteiger partial charge on any atom is 0.251 e. The van der Waals surface area contributed by atoms with Crippen LogP contribution >= 0.6 is 0 Å². The van der Waals surface area contributed by atoms with Gasteiger partial charge in [0.2, 0.25) is 0 Å². The fraction of sp³-hybridized carbons (Fsp3) is 0.471. The number of carbonyl (C=O) groups is 1. The average Bonchev–Trinajstić information content (AvgIpc) is 2.52. The lowest BCUT2D eigenvalue weighted by Crippen LogP contribution is -2.36. The summed E-state index contributed by atoms with van der Waals surface area (Å²) in [7, 11) is 0. The lowest BCUT2D eigenvalue weighted by atomic mass is 9.86. The summed E-state index contributed by atoms with van der Waals surface area (Å²) in [6.45, 7) is 4.57. The van der Waals surface area contributed by atoms with E-state index in [0.29, 0.717) is 24.5 Å². The van der Waals surface area contributed by atoms with Crippen molar-refractivity contribution in [3.8, 4) is 5.75 Å². The highest BCUT2D eigenvalue weighted by molar-refractivity contribution is 5.94. The maximum absolute atomic E-state index is 12.1. The smallest absolute Gasteiger partial charge is 0.251 e. The number of hydrogen-bond donors (Lipinski definition) is 2. The van der Waals surface area contributed by atoms with E-state index in [1.165, 1.54) is 0 Å². The molecule has 2 rings (SSSR count). The first-order valence-electron chi connectivity index (χ1n) is 7.50. The van der Waals surface area contributed by atoms with Crippen LogP contribution in [0, 0.1) is 5.92 Å². The van der Waals surface area contributed by atoms with Crippen LogP contribution in [0.5, 0.6) is 5.75 Å². The Labute approximate surface area is 125 Å². The monoisotopic (exact) mass is 289 g/mol. The van der Waals surface area contributed by atoms with E-state index in [0.717, 1.165) is 25.7 Å². The summed E-state index contributed by atoms with van der Waals surface area (Å²) < 4.78 is 5.38. The van der Waals surface area contributed by atoms with Gasteiger partial charge in [-0.3, -0.25) is 4.79 Å². The van der Waals surface area contributed by atoms with Crippen molar-refractivity contribution in [3.63, 3.8) is 0 Å². The molecule has 1 aliphatic carbocycles. The van der Waals surface area contributed by atoms with Gasteiger partial charge in [-0.05, 0) is 37.1 Å². The number of hydrogen-bond acceptors (Lipinski definition) is 3. The third-order valence-electron chi connectivity index (χ3n) is 3.88.